The molecule has 0 bridgehead atoms. The van der Waals surface area contributed by atoms with E-state index in [1.54, 1.807) is 36.3 Å². The van der Waals surface area contributed by atoms with Gasteiger partial charge in [0.1, 0.15) is 18.3 Å². The largest absolute Gasteiger partial charge is 0.496 e. The Morgan fingerprint density at radius 1 is 1.09 bits per heavy atom. The minimum Gasteiger partial charge on any atom is -0.496 e. The molecule has 2 heterocycles. The second kappa shape index (κ2) is 10.7. The summed E-state index contributed by atoms with van der Waals surface area (Å²) < 4.78 is 7.78. The minimum atomic E-state index is -0.313. The zero-order valence-corrected chi connectivity index (χ0v) is 20.2. The van der Waals surface area contributed by atoms with Gasteiger partial charge in [0.05, 0.1) is 7.11 Å². The molecule has 0 fully saturated rings. The van der Waals surface area contributed by atoms with E-state index in [9.17, 15) is 9.59 Å². The third-order valence-electron chi connectivity index (χ3n) is 5.99. The molecule has 1 N–H and O–H groups in total. The van der Waals surface area contributed by atoms with E-state index in [1.807, 2.05) is 54.4 Å². The lowest BCUT2D eigenvalue weighted by molar-refractivity contribution is -0.134. The lowest BCUT2D eigenvalue weighted by Crippen LogP contribution is -2.49. The number of methoxy groups -OCH3 is 1. The molecule has 1 aromatic heterocycles. The van der Waals surface area contributed by atoms with Crippen molar-refractivity contribution in [1.82, 2.24) is 14.4 Å². The normalized spacial score (nSPS) is 14.9. The van der Waals surface area contributed by atoms with Crippen molar-refractivity contribution in [3.05, 3.63) is 83.1 Å². The molecule has 178 valence electrons. The number of hydrogen-bond acceptors (Lipinski definition) is 3. The highest BCUT2D eigenvalue weighted by atomic mass is 35.5. The molecule has 3 amide bonds. The monoisotopic (exact) mass is 480 g/mol. The summed E-state index contributed by atoms with van der Waals surface area (Å²) in [4.78, 5) is 30.1. The predicted octanol–water partition coefficient (Wildman–Crippen LogP) is 5.03. The molecule has 1 unspecified atom stereocenters. The maximum absolute atomic E-state index is 13.6. The van der Waals surface area contributed by atoms with E-state index in [1.165, 1.54) is 0 Å². The number of halogens is 1. The molecule has 0 radical (unpaired) electrons. The highest BCUT2D eigenvalue weighted by Crippen LogP contribution is 2.37. The molecule has 0 saturated carbocycles. The number of para-hydroxylation sites is 1. The molecule has 4 rings (SSSR count). The van der Waals surface area contributed by atoms with E-state index in [-0.39, 0.29) is 24.5 Å². The Kier molecular flexibility index (Phi) is 7.43. The number of rotatable bonds is 7. The van der Waals surface area contributed by atoms with E-state index in [4.69, 9.17) is 16.3 Å². The molecule has 0 saturated heterocycles. The van der Waals surface area contributed by atoms with Crippen molar-refractivity contribution in [3.8, 4) is 5.75 Å². The van der Waals surface area contributed by atoms with Gasteiger partial charge >= 0.3 is 6.03 Å². The van der Waals surface area contributed by atoms with E-state index in [2.05, 4.69) is 9.88 Å². The second-order valence-electron chi connectivity index (χ2n) is 8.22. The van der Waals surface area contributed by atoms with Crippen LogP contribution < -0.4 is 10.1 Å². The van der Waals surface area contributed by atoms with Gasteiger partial charge in [-0.1, -0.05) is 36.7 Å². The van der Waals surface area contributed by atoms with Gasteiger partial charge in [-0.25, -0.2) is 4.79 Å². The number of hydrogen-bond donors (Lipinski definition) is 1. The summed E-state index contributed by atoms with van der Waals surface area (Å²) in [6, 6.07) is 18.1. The maximum atomic E-state index is 13.6. The van der Waals surface area contributed by atoms with Gasteiger partial charge in [0.15, 0.2) is 0 Å². The quantitative estimate of drug-likeness (QED) is 0.516. The zero-order chi connectivity index (χ0) is 24.1. The van der Waals surface area contributed by atoms with Crippen LogP contribution in [0.5, 0.6) is 5.75 Å². The standard InChI is InChI=1S/C26H29ClN4O3/c1-3-14-30(26(33)28-20-12-10-19(27)11-13-20)18-24(32)31-17-16-29-15-6-8-22(29)25(31)21-7-4-5-9-23(21)34-2/h4-13,15,25H,3,14,16-18H2,1-2H3,(H,28,33). The molecule has 8 heteroatoms. The second-order valence-corrected chi connectivity index (χ2v) is 8.65. The molecule has 2 aromatic carbocycles. The average molecular weight is 481 g/mol. The summed E-state index contributed by atoms with van der Waals surface area (Å²) >= 11 is 5.94. The highest BCUT2D eigenvalue weighted by Gasteiger charge is 2.34. The zero-order valence-electron chi connectivity index (χ0n) is 19.4. The summed E-state index contributed by atoms with van der Waals surface area (Å²) in [5, 5.41) is 3.46. The van der Waals surface area contributed by atoms with Crippen LogP contribution in [0.3, 0.4) is 0 Å². The first kappa shape index (κ1) is 23.7. The van der Waals surface area contributed by atoms with E-state index >= 15 is 0 Å². The van der Waals surface area contributed by atoms with Crippen molar-refractivity contribution in [1.29, 1.82) is 0 Å². The number of benzene rings is 2. The molecular weight excluding hydrogens is 452 g/mol. The average Bonchev–Trinajstić information content (AvgIpc) is 3.33. The number of nitrogens with one attached hydrogen (secondary N) is 1. The van der Waals surface area contributed by atoms with Gasteiger partial charge in [0.25, 0.3) is 0 Å². The molecular formula is C26H29ClN4O3. The van der Waals surface area contributed by atoms with Crippen LogP contribution in [0.1, 0.15) is 30.6 Å². The third-order valence-corrected chi connectivity index (χ3v) is 6.25. The SMILES string of the molecule is CCCN(CC(=O)N1CCn2cccc2C1c1ccccc1OC)C(=O)Nc1ccc(Cl)cc1. The molecule has 7 nitrogen and oxygen atoms in total. The summed E-state index contributed by atoms with van der Waals surface area (Å²) in [5.41, 5.74) is 2.58. The first-order chi connectivity index (χ1) is 16.5. The number of nitrogens with zero attached hydrogens (tertiary/aromatic N) is 3. The summed E-state index contributed by atoms with van der Waals surface area (Å²) in [6.45, 7) is 3.68. The van der Waals surface area contributed by atoms with Crippen molar-refractivity contribution in [2.75, 3.05) is 32.1 Å². The molecule has 1 atom stereocenters. The number of amides is 3. The molecule has 0 aliphatic carbocycles. The van der Waals surface area contributed by atoms with Gasteiger partial charge in [-0.05, 0) is 48.9 Å². The van der Waals surface area contributed by atoms with Crippen LogP contribution in [0.4, 0.5) is 10.5 Å². The number of fused-ring (bicyclic) bond motifs is 1. The molecule has 0 spiro atoms. The Morgan fingerprint density at radius 2 is 1.85 bits per heavy atom. The van der Waals surface area contributed by atoms with E-state index in [0.29, 0.717) is 30.3 Å². The van der Waals surface area contributed by atoms with Gasteiger partial charge in [0, 0.05) is 47.8 Å². The lowest BCUT2D eigenvalue weighted by Gasteiger charge is -2.38. The Hall–Kier alpha value is -3.45. The predicted molar refractivity (Wildman–Crippen MR) is 133 cm³/mol. The Labute approximate surface area is 204 Å². The molecule has 1 aliphatic rings. The lowest BCUT2D eigenvalue weighted by atomic mass is 9.98. The Balaban J connectivity index is 1.57. The fraction of sp³-hybridized carbons (Fsp3) is 0.308. The van der Waals surface area contributed by atoms with Gasteiger partial charge < -0.3 is 24.4 Å². The fourth-order valence-electron chi connectivity index (χ4n) is 4.38. The smallest absolute Gasteiger partial charge is 0.322 e. The van der Waals surface area contributed by atoms with Gasteiger partial charge in [-0.2, -0.15) is 0 Å². The number of aromatic nitrogens is 1. The minimum absolute atomic E-state index is 0.0143. The first-order valence-electron chi connectivity index (χ1n) is 11.4. The Morgan fingerprint density at radius 3 is 2.59 bits per heavy atom. The molecule has 34 heavy (non-hydrogen) atoms. The van der Waals surface area contributed by atoms with E-state index < -0.39 is 0 Å². The van der Waals surface area contributed by atoms with Crippen molar-refractivity contribution in [2.24, 2.45) is 0 Å². The van der Waals surface area contributed by atoms with Crippen molar-refractivity contribution >= 4 is 29.2 Å². The van der Waals surface area contributed by atoms with Crippen LogP contribution in [-0.2, 0) is 11.3 Å². The summed E-state index contributed by atoms with van der Waals surface area (Å²) in [7, 11) is 1.64. The number of carbonyl (C=O) groups excluding carboxylic acids is 2. The van der Waals surface area contributed by atoms with Gasteiger partial charge in [-0.3, -0.25) is 4.79 Å². The summed E-state index contributed by atoms with van der Waals surface area (Å²) in [6.07, 6.45) is 2.77. The summed E-state index contributed by atoms with van der Waals surface area (Å²) in [5.74, 6) is 0.619. The van der Waals surface area contributed by atoms with Gasteiger partial charge in [0.2, 0.25) is 5.91 Å². The van der Waals surface area contributed by atoms with Crippen LogP contribution in [0.15, 0.2) is 66.9 Å². The van der Waals surface area contributed by atoms with Crippen molar-refractivity contribution in [2.45, 2.75) is 25.9 Å². The van der Waals surface area contributed by atoms with Crippen molar-refractivity contribution < 1.29 is 14.3 Å². The van der Waals surface area contributed by atoms with Crippen LogP contribution in [0.2, 0.25) is 5.02 Å². The topological polar surface area (TPSA) is 66.8 Å². The van der Waals surface area contributed by atoms with Crippen LogP contribution in [0, 0.1) is 0 Å². The number of carbonyl (C=O) groups is 2. The molecule has 3 aromatic rings. The van der Waals surface area contributed by atoms with E-state index in [0.717, 1.165) is 23.4 Å². The molecule has 1 aliphatic heterocycles. The third kappa shape index (κ3) is 5.04. The highest BCUT2D eigenvalue weighted by molar-refractivity contribution is 6.30. The van der Waals surface area contributed by atoms with Crippen LogP contribution >= 0.6 is 11.6 Å². The number of urea groups is 1. The van der Waals surface area contributed by atoms with Crippen molar-refractivity contribution in [3.63, 3.8) is 0 Å². The van der Waals surface area contributed by atoms with Crippen LogP contribution in [-0.4, -0.2) is 53.0 Å². The number of ether oxygens (including phenoxy) is 1. The maximum Gasteiger partial charge on any atom is 0.322 e. The van der Waals surface area contributed by atoms with Crippen LogP contribution in [0.25, 0.3) is 0 Å². The van der Waals surface area contributed by atoms with Gasteiger partial charge in [-0.15, -0.1) is 0 Å². The fourth-order valence-corrected chi connectivity index (χ4v) is 4.51. The number of anilines is 1. The first-order valence-corrected chi connectivity index (χ1v) is 11.8. The Bertz CT molecular complexity index is 1140.